The van der Waals surface area contributed by atoms with Crippen LogP contribution in [0.2, 0.25) is 0 Å². The Morgan fingerprint density at radius 2 is 2.03 bits per heavy atom. The van der Waals surface area contributed by atoms with Crippen molar-refractivity contribution in [2.24, 2.45) is 5.92 Å². The Morgan fingerprint density at radius 3 is 2.81 bits per heavy atom. The fourth-order valence-corrected chi connectivity index (χ4v) is 5.14. The fourth-order valence-electron chi connectivity index (χ4n) is 5.14. The number of halogens is 3. The van der Waals surface area contributed by atoms with E-state index in [0.29, 0.717) is 24.8 Å². The summed E-state index contributed by atoms with van der Waals surface area (Å²) in [6, 6.07) is 9.85. The molecule has 0 unspecified atom stereocenters. The van der Waals surface area contributed by atoms with Crippen molar-refractivity contribution in [3.63, 3.8) is 0 Å². The third-order valence-corrected chi connectivity index (χ3v) is 7.01. The summed E-state index contributed by atoms with van der Waals surface area (Å²) in [4.78, 5) is 23.2. The van der Waals surface area contributed by atoms with Gasteiger partial charge in [0.05, 0.1) is 30.6 Å². The van der Waals surface area contributed by atoms with Crippen molar-refractivity contribution in [1.82, 2.24) is 15.3 Å². The molecular formula is C27H28F3N5O2. The third kappa shape index (κ3) is 5.17. The molecule has 3 aromatic rings. The van der Waals surface area contributed by atoms with Crippen molar-refractivity contribution >= 4 is 17.3 Å². The monoisotopic (exact) mass is 511 g/mol. The van der Waals surface area contributed by atoms with Gasteiger partial charge in [0.15, 0.2) is 0 Å². The van der Waals surface area contributed by atoms with E-state index >= 15 is 0 Å². The van der Waals surface area contributed by atoms with Gasteiger partial charge in [-0.3, -0.25) is 14.8 Å². The topological polar surface area (TPSA) is 79.4 Å². The van der Waals surface area contributed by atoms with E-state index in [4.69, 9.17) is 9.72 Å². The zero-order chi connectivity index (χ0) is 26.2. The van der Waals surface area contributed by atoms with E-state index in [1.54, 1.807) is 6.07 Å². The van der Waals surface area contributed by atoms with Crippen LogP contribution in [0.15, 0.2) is 48.8 Å². The van der Waals surface area contributed by atoms with Gasteiger partial charge < -0.3 is 20.3 Å². The number of hydrogen-bond donors (Lipinski definition) is 2. The van der Waals surface area contributed by atoms with Gasteiger partial charge in [0, 0.05) is 42.3 Å². The number of carbonyl (C=O) groups excluding carboxylic acids is 1. The summed E-state index contributed by atoms with van der Waals surface area (Å²) in [6.07, 6.45) is -0.930. The molecule has 0 radical (unpaired) electrons. The second kappa shape index (κ2) is 10.1. The van der Waals surface area contributed by atoms with Gasteiger partial charge in [-0.2, -0.15) is 13.2 Å². The Labute approximate surface area is 213 Å². The molecule has 7 nitrogen and oxygen atoms in total. The number of carbonyl (C=O) groups is 1. The minimum absolute atomic E-state index is 0.116. The summed E-state index contributed by atoms with van der Waals surface area (Å²) in [5, 5.41) is 6.00. The molecule has 2 aliphatic heterocycles. The molecule has 0 aliphatic carbocycles. The molecule has 37 heavy (non-hydrogen) atoms. The number of pyridine rings is 2. The summed E-state index contributed by atoms with van der Waals surface area (Å²) in [5.41, 5.74) is 4.20. The zero-order valence-electron chi connectivity index (χ0n) is 20.6. The molecule has 1 saturated heterocycles. The lowest BCUT2D eigenvalue weighted by Gasteiger charge is -2.46. The van der Waals surface area contributed by atoms with Crippen molar-refractivity contribution < 1.29 is 22.7 Å². The van der Waals surface area contributed by atoms with Gasteiger partial charge in [-0.05, 0) is 67.8 Å². The highest BCUT2D eigenvalue weighted by atomic mass is 19.4. The molecule has 5 rings (SSSR count). The number of alkyl halides is 3. The number of aromatic nitrogens is 2. The first kappa shape index (κ1) is 25.2. The molecule has 194 valence electrons. The predicted octanol–water partition coefficient (Wildman–Crippen LogP) is 4.32. The summed E-state index contributed by atoms with van der Waals surface area (Å²) in [7, 11) is 1.96. The van der Waals surface area contributed by atoms with E-state index in [0.717, 1.165) is 59.8 Å². The van der Waals surface area contributed by atoms with Crippen LogP contribution < -0.4 is 15.5 Å². The number of nitrogens with one attached hydrogen (secondary N) is 2. The number of morpholine rings is 1. The van der Waals surface area contributed by atoms with Gasteiger partial charge in [-0.25, -0.2) is 0 Å². The molecule has 2 atom stereocenters. The van der Waals surface area contributed by atoms with Gasteiger partial charge in [0.2, 0.25) is 0 Å². The Morgan fingerprint density at radius 1 is 1.19 bits per heavy atom. The van der Waals surface area contributed by atoms with Crippen molar-refractivity contribution in [3.05, 3.63) is 71.3 Å². The van der Waals surface area contributed by atoms with E-state index in [2.05, 4.69) is 26.6 Å². The van der Waals surface area contributed by atoms with Crippen molar-refractivity contribution in [2.45, 2.75) is 25.6 Å². The van der Waals surface area contributed by atoms with E-state index in [1.165, 1.54) is 6.07 Å². The maximum Gasteiger partial charge on any atom is 0.433 e. The average Bonchev–Trinajstić information content (AvgIpc) is 2.89. The van der Waals surface area contributed by atoms with Crippen LogP contribution >= 0.6 is 0 Å². The van der Waals surface area contributed by atoms with Crippen LogP contribution in [0.25, 0.3) is 11.1 Å². The molecule has 4 heterocycles. The maximum atomic E-state index is 13.0. The maximum absolute atomic E-state index is 13.0. The number of anilines is 2. The average molecular weight is 512 g/mol. The van der Waals surface area contributed by atoms with Crippen LogP contribution in [-0.4, -0.2) is 55.3 Å². The number of aryl methyl sites for hydroxylation is 1. The van der Waals surface area contributed by atoms with Crippen LogP contribution in [0.1, 0.15) is 27.3 Å². The van der Waals surface area contributed by atoms with Gasteiger partial charge in [-0.15, -0.1) is 0 Å². The van der Waals surface area contributed by atoms with Crippen LogP contribution in [0.3, 0.4) is 0 Å². The summed E-state index contributed by atoms with van der Waals surface area (Å²) in [5.74, 6) is -0.236. The number of benzene rings is 1. The number of hydrogen-bond acceptors (Lipinski definition) is 6. The van der Waals surface area contributed by atoms with E-state index < -0.39 is 17.8 Å². The quantitative estimate of drug-likeness (QED) is 0.531. The van der Waals surface area contributed by atoms with E-state index in [-0.39, 0.29) is 11.6 Å². The van der Waals surface area contributed by atoms with Crippen LogP contribution in [0.4, 0.5) is 24.5 Å². The van der Waals surface area contributed by atoms with E-state index in [1.807, 2.05) is 32.3 Å². The molecule has 0 saturated carbocycles. The number of nitrogens with zero attached hydrogens (tertiary/aromatic N) is 3. The Hall–Kier alpha value is -3.50. The Balaban J connectivity index is 1.43. The zero-order valence-corrected chi connectivity index (χ0v) is 20.6. The first-order valence-electron chi connectivity index (χ1n) is 12.2. The molecule has 0 bridgehead atoms. The van der Waals surface area contributed by atoms with Crippen molar-refractivity contribution in [1.29, 1.82) is 0 Å². The minimum Gasteiger partial charge on any atom is -0.377 e. The van der Waals surface area contributed by atoms with Crippen molar-refractivity contribution in [3.8, 4) is 11.1 Å². The fraction of sp³-hybridized carbons (Fsp3) is 0.370. The van der Waals surface area contributed by atoms with Crippen LogP contribution in [0, 0.1) is 12.8 Å². The third-order valence-electron chi connectivity index (χ3n) is 7.01. The number of amides is 1. The molecule has 0 spiro atoms. The molecular weight excluding hydrogens is 483 g/mol. The standard InChI is InChI=1S/C27H28F3N5O2/c1-16-3-4-20(34-26(36)17-5-6-32-25(11-17)27(28,29)30)12-21(16)18-10-23-22(33-14-18)9-19(13-31-2)24-15-37-8-7-35(23)24/h3-6,10-12,14,19,24,31H,7-9,13,15H2,1-2H3,(H,34,36)/t19-,24-/m1/s1. The molecule has 2 aliphatic rings. The predicted molar refractivity (Wildman–Crippen MR) is 135 cm³/mol. The summed E-state index contributed by atoms with van der Waals surface area (Å²) >= 11 is 0. The smallest absolute Gasteiger partial charge is 0.377 e. The number of rotatable bonds is 5. The molecule has 1 aromatic carbocycles. The van der Waals surface area contributed by atoms with Gasteiger partial charge >= 0.3 is 6.18 Å². The molecule has 2 N–H and O–H groups in total. The van der Waals surface area contributed by atoms with Gasteiger partial charge in [0.1, 0.15) is 5.69 Å². The second-order valence-electron chi connectivity index (χ2n) is 9.46. The Kier molecular flexibility index (Phi) is 6.87. The van der Waals surface area contributed by atoms with Crippen LogP contribution in [-0.2, 0) is 17.3 Å². The highest BCUT2D eigenvalue weighted by Gasteiger charge is 2.37. The SMILES string of the molecule is CNC[C@H]1Cc2ncc(-c3cc(NC(=O)c4ccnc(C(F)(F)F)c4)ccc3C)cc2N2CCOC[C@H]12. The minimum atomic E-state index is -4.63. The molecule has 1 amide bonds. The highest BCUT2D eigenvalue weighted by molar-refractivity contribution is 6.04. The van der Waals surface area contributed by atoms with E-state index in [9.17, 15) is 18.0 Å². The lowest BCUT2D eigenvalue weighted by Crippen LogP contribution is -2.55. The molecule has 10 heteroatoms. The summed E-state index contributed by atoms with van der Waals surface area (Å²) in [6.45, 7) is 5.00. The second-order valence-corrected chi connectivity index (χ2v) is 9.46. The first-order valence-corrected chi connectivity index (χ1v) is 12.2. The van der Waals surface area contributed by atoms with Crippen molar-refractivity contribution in [2.75, 3.05) is 43.6 Å². The first-order chi connectivity index (χ1) is 17.7. The lowest BCUT2D eigenvalue weighted by molar-refractivity contribution is -0.141. The summed E-state index contributed by atoms with van der Waals surface area (Å²) < 4.78 is 44.8. The normalized spacial score (nSPS) is 19.2. The van der Waals surface area contributed by atoms with Gasteiger partial charge in [0.25, 0.3) is 5.91 Å². The highest BCUT2D eigenvalue weighted by Crippen LogP contribution is 2.38. The Bertz CT molecular complexity index is 1310. The molecule has 1 fully saturated rings. The lowest BCUT2D eigenvalue weighted by atomic mass is 9.86. The number of ether oxygens (including phenoxy) is 1. The van der Waals surface area contributed by atoms with Crippen LogP contribution in [0.5, 0.6) is 0 Å². The molecule has 2 aromatic heterocycles. The van der Waals surface area contributed by atoms with Gasteiger partial charge in [-0.1, -0.05) is 6.07 Å². The number of fused-ring (bicyclic) bond motifs is 3. The largest absolute Gasteiger partial charge is 0.433 e.